The van der Waals surface area contributed by atoms with Crippen molar-refractivity contribution in [2.75, 3.05) is 6.26 Å². The Bertz CT molecular complexity index is 997. The molecule has 0 aromatic heterocycles. The van der Waals surface area contributed by atoms with E-state index in [1.165, 1.54) is 12.1 Å². The van der Waals surface area contributed by atoms with Crippen molar-refractivity contribution in [1.82, 2.24) is 0 Å². The van der Waals surface area contributed by atoms with Gasteiger partial charge >= 0.3 is 6.18 Å². The molecule has 1 aliphatic carbocycles. The largest absolute Gasteiger partial charge is 0.416 e. The van der Waals surface area contributed by atoms with Crippen molar-refractivity contribution >= 4 is 21.0 Å². The molecule has 0 radical (unpaired) electrons. The maximum Gasteiger partial charge on any atom is 0.416 e. The molecule has 2 aromatic carbocycles. The van der Waals surface area contributed by atoms with Crippen molar-refractivity contribution in [3.05, 3.63) is 77.4 Å². The number of alkyl halides is 3. The van der Waals surface area contributed by atoms with Gasteiger partial charge in [0.15, 0.2) is 9.84 Å². The standard InChI is InChI=1S/C21H19F3O2S/c1-3-14-12-19(15-4-8-17(9-5-15)21(22,23)24)20(13-14)16-6-10-18(11-7-16)27(2,25)26/h4-14H,3H2,1-2H3. The lowest BCUT2D eigenvalue weighted by Gasteiger charge is -2.12. The lowest BCUT2D eigenvalue weighted by atomic mass is 9.94. The fourth-order valence-electron chi connectivity index (χ4n) is 3.12. The van der Waals surface area contributed by atoms with Crippen LogP contribution >= 0.6 is 0 Å². The van der Waals surface area contributed by atoms with Crippen molar-refractivity contribution in [2.24, 2.45) is 5.92 Å². The molecule has 0 heterocycles. The molecule has 0 fully saturated rings. The summed E-state index contributed by atoms with van der Waals surface area (Å²) in [7, 11) is -3.28. The monoisotopic (exact) mass is 392 g/mol. The molecule has 0 aliphatic heterocycles. The van der Waals surface area contributed by atoms with E-state index in [9.17, 15) is 21.6 Å². The van der Waals surface area contributed by atoms with Crippen LogP contribution in [0.15, 0.2) is 65.6 Å². The Morgan fingerprint density at radius 3 is 1.67 bits per heavy atom. The number of rotatable bonds is 4. The molecule has 1 atom stereocenters. The van der Waals surface area contributed by atoms with Crippen LogP contribution in [0.3, 0.4) is 0 Å². The van der Waals surface area contributed by atoms with Gasteiger partial charge < -0.3 is 0 Å². The van der Waals surface area contributed by atoms with Crippen LogP contribution in [0.5, 0.6) is 0 Å². The molecule has 0 bridgehead atoms. The third-order valence-corrected chi connectivity index (χ3v) is 5.77. The first-order valence-corrected chi connectivity index (χ1v) is 10.4. The minimum absolute atomic E-state index is 0.187. The molecule has 2 nitrogen and oxygen atoms in total. The smallest absolute Gasteiger partial charge is 0.224 e. The molecular weight excluding hydrogens is 373 g/mol. The van der Waals surface area contributed by atoms with Crippen molar-refractivity contribution in [3.8, 4) is 0 Å². The molecule has 0 spiro atoms. The van der Waals surface area contributed by atoms with Gasteiger partial charge in [0.1, 0.15) is 0 Å². The molecule has 0 saturated heterocycles. The number of hydrogen-bond donors (Lipinski definition) is 0. The quantitative estimate of drug-likeness (QED) is 0.677. The van der Waals surface area contributed by atoms with Crippen LogP contribution in [-0.2, 0) is 16.0 Å². The second-order valence-corrected chi connectivity index (χ2v) is 8.62. The molecule has 142 valence electrons. The summed E-state index contributed by atoms with van der Waals surface area (Å²) in [5.41, 5.74) is 2.63. The van der Waals surface area contributed by atoms with Gasteiger partial charge in [0.2, 0.25) is 0 Å². The SMILES string of the molecule is CCC1C=C(c2ccc(C(F)(F)F)cc2)C(c2ccc(S(C)(=O)=O)cc2)=C1. The zero-order valence-electron chi connectivity index (χ0n) is 14.9. The summed E-state index contributed by atoms with van der Waals surface area (Å²) in [4.78, 5) is 0.233. The van der Waals surface area contributed by atoms with Gasteiger partial charge in [-0.25, -0.2) is 8.42 Å². The Morgan fingerprint density at radius 2 is 1.30 bits per heavy atom. The van der Waals surface area contributed by atoms with E-state index in [4.69, 9.17) is 0 Å². The highest BCUT2D eigenvalue weighted by molar-refractivity contribution is 7.90. The predicted octanol–water partition coefficient (Wildman–Crippen LogP) is 5.62. The highest BCUT2D eigenvalue weighted by Gasteiger charge is 2.30. The average molecular weight is 392 g/mol. The number of allylic oxidation sites excluding steroid dienone is 4. The summed E-state index contributed by atoms with van der Waals surface area (Å²) in [5.74, 6) is 0.187. The summed E-state index contributed by atoms with van der Waals surface area (Å²) in [6, 6.07) is 11.7. The van der Waals surface area contributed by atoms with Gasteiger partial charge in [-0.3, -0.25) is 0 Å². The minimum atomic E-state index is -4.37. The molecule has 0 amide bonds. The van der Waals surface area contributed by atoms with Crippen LogP contribution in [-0.4, -0.2) is 14.7 Å². The molecule has 2 aromatic rings. The van der Waals surface area contributed by atoms with E-state index < -0.39 is 21.6 Å². The maximum absolute atomic E-state index is 12.8. The predicted molar refractivity (Wildman–Crippen MR) is 101 cm³/mol. The van der Waals surface area contributed by atoms with Gasteiger partial charge in [0, 0.05) is 6.26 Å². The highest BCUT2D eigenvalue weighted by atomic mass is 32.2. The van der Waals surface area contributed by atoms with Crippen molar-refractivity contribution in [3.63, 3.8) is 0 Å². The molecular formula is C21H19F3O2S. The van der Waals surface area contributed by atoms with Gasteiger partial charge in [-0.2, -0.15) is 13.2 Å². The summed E-state index contributed by atoms with van der Waals surface area (Å²) >= 11 is 0. The Labute approximate surface area is 157 Å². The zero-order chi connectivity index (χ0) is 19.8. The molecule has 1 aliphatic rings. The van der Waals surface area contributed by atoms with Crippen molar-refractivity contribution in [2.45, 2.75) is 24.4 Å². The molecule has 27 heavy (non-hydrogen) atoms. The van der Waals surface area contributed by atoms with E-state index >= 15 is 0 Å². The van der Waals surface area contributed by atoms with E-state index in [-0.39, 0.29) is 10.8 Å². The number of hydrogen-bond acceptors (Lipinski definition) is 2. The second-order valence-electron chi connectivity index (χ2n) is 6.60. The summed E-state index contributed by atoms with van der Waals surface area (Å²) in [6.07, 6.45) is 1.77. The molecule has 0 N–H and O–H groups in total. The summed E-state index contributed by atoms with van der Waals surface area (Å²) in [5, 5.41) is 0. The van der Waals surface area contributed by atoms with E-state index in [0.717, 1.165) is 41.5 Å². The van der Waals surface area contributed by atoms with Gasteiger partial charge in [-0.1, -0.05) is 43.3 Å². The normalized spacial score (nSPS) is 17.6. The fraction of sp³-hybridized carbons (Fsp3) is 0.238. The zero-order valence-corrected chi connectivity index (χ0v) is 15.7. The van der Waals surface area contributed by atoms with Gasteiger partial charge in [0.25, 0.3) is 0 Å². The molecule has 1 unspecified atom stereocenters. The average Bonchev–Trinajstić information content (AvgIpc) is 3.05. The van der Waals surface area contributed by atoms with Crippen LogP contribution < -0.4 is 0 Å². The summed E-state index contributed by atoms with van der Waals surface area (Å²) in [6.45, 7) is 2.04. The van der Waals surface area contributed by atoms with Gasteiger partial charge in [0.05, 0.1) is 10.5 Å². The maximum atomic E-state index is 12.8. The van der Waals surface area contributed by atoms with Crippen molar-refractivity contribution in [1.29, 1.82) is 0 Å². The van der Waals surface area contributed by atoms with Gasteiger partial charge in [-0.05, 0) is 58.9 Å². The van der Waals surface area contributed by atoms with E-state index in [1.54, 1.807) is 24.3 Å². The first-order chi connectivity index (χ1) is 12.6. The fourth-order valence-corrected chi connectivity index (χ4v) is 3.75. The Kier molecular flexibility index (Phi) is 5.04. The van der Waals surface area contributed by atoms with E-state index in [0.29, 0.717) is 5.56 Å². The third-order valence-electron chi connectivity index (χ3n) is 4.64. The lowest BCUT2D eigenvalue weighted by molar-refractivity contribution is -0.137. The topological polar surface area (TPSA) is 34.1 Å². The van der Waals surface area contributed by atoms with Crippen LogP contribution in [0.1, 0.15) is 30.0 Å². The second kappa shape index (κ2) is 7.00. The van der Waals surface area contributed by atoms with Gasteiger partial charge in [-0.15, -0.1) is 0 Å². The molecule has 3 rings (SSSR count). The van der Waals surface area contributed by atoms with Crippen LogP contribution in [0.2, 0.25) is 0 Å². The minimum Gasteiger partial charge on any atom is -0.224 e. The first-order valence-electron chi connectivity index (χ1n) is 8.51. The highest BCUT2D eigenvalue weighted by Crippen LogP contribution is 2.40. The Balaban J connectivity index is 1.98. The lowest BCUT2D eigenvalue weighted by Crippen LogP contribution is -2.04. The van der Waals surface area contributed by atoms with E-state index in [2.05, 4.69) is 6.08 Å². The van der Waals surface area contributed by atoms with Crippen LogP contribution in [0.25, 0.3) is 11.1 Å². The Morgan fingerprint density at radius 1 is 0.852 bits per heavy atom. The number of benzene rings is 2. The molecule has 6 heteroatoms. The summed E-state index contributed by atoms with van der Waals surface area (Å²) < 4.78 is 61.7. The van der Waals surface area contributed by atoms with Crippen LogP contribution in [0, 0.1) is 5.92 Å². The van der Waals surface area contributed by atoms with E-state index in [1.807, 2.05) is 13.0 Å². The number of sulfone groups is 1. The van der Waals surface area contributed by atoms with Crippen LogP contribution in [0.4, 0.5) is 13.2 Å². The molecule has 0 saturated carbocycles. The number of halogens is 3. The first kappa shape index (κ1) is 19.4. The third kappa shape index (κ3) is 4.16. The van der Waals surface area contributed by atoms with Crippen molar-refractivity contribution < 1.29 is 21.6 Å². The Hall–Kier alpha value is -2.34.